The van der Waals surface area contributed by atoms with E-state index in [0.29, 0.717) is 0 Å². The normalized spacial score (nSPS) is 17.2. The van der Waals surface area contributed by atoms with E-state index in [2.05, 4.69) is 82.4 Å². The van der Waals surface area contributed by atoms with E-state index in [1.54, 1.807) is 28.4 Å². The Balaban J connectivity index is 1.24. The minimum absolute atomic E-state index is 0.0361. The molecule has 1 aliphatic carbocycles. The van der Waals surface area contributed by atoms with Crippen LogP contribution in [0.4, 0.5) is 0 Å². The number of hydrogen-bond acceptors (Lipinski definition) is 7. The van der Waals surface area contributed by atoms with Crippen molar-refractivity contribution in [2.24, 2.45) is 0 Å². The van der Waals surface area contributed by atoms with E-state index in [1.165, 1.54) is 52.4 Å². The lowest BCUT2D eigenvalue weighted by atomic mass is 9.62. The van der Waals surface area contributed by atoms with Gasteiger partial charge in [-0.1, -0.05) is 72.8 Å². The summed E-state index contributed by atoms with van der Waals surface area (Å²) in [6.45, 7) is 1.75. The Kier molecular flexibility index (Phi) is 9.24. The first-order chi connectivity index (χ1) is 21.6. The second kappa shape index (κ2) is 13.4. The third-order valence-electron chi connectivity index (χ3n) is 9.17. The fourth-order valence-corrected chi connectivity index (χ4v) is 7.75. The van der Waals surface area contributed by atoms with Gasteiger partial charge >= 0.3 is 0 Å². The molecule has 0 amide bonds. The van der Waals surface area contributed by atoms with Crippen molar-refractivity contribution >= 4 is 22.5 Å². The molecule has 1 heterocycles. The summed E-state index contributed by atoms with van der Waals surface area (Å²) in [4.78, 5) is 2.62. The molecule has 1 aliphatic heterocycles. The summed E-state index contributed by atoms with van der Waals surface area (Å²) in [6, 6.07) is 28.2. The molecule has 230 valence electrons. The fraction of sp³-hybridized carbons (Fsp3) is 0.351. The predicted molar refractivity (Wildman–Crippen MR) is 180 cm³/mol. The third-order valence-corrected chi connectivity index (χ3v) is 10.2. The largest absolute Gasteiger partial charge is 0.493 e. The van der Waals surface area contributed by atoms with Crippen molar-refractivity contribution < 1.29 is 18.9 Å². The van der Waals surface area contributed by atoms with Crippen LogP contribution in [0.1, 0.15) is 36.0 Å². The number of allylic oxidation sites excluding steroid dienone is 1. The zero-order valence-corrected chi connectivity index (χ0v) is 26.9. The van der Waals surface area contributed by atoms with E-state index in [1.807, 2.05) is 23.9 Å². The van der Waals surface area contributed by atoms with Gasteiger partial charge < -0.3 is 23.8 Å². The Morgan fingerprint density at radius 2 is 1.36 bits per heavy atom. The van der Waals surface area contributed by atoms with Crippen LogP contribution in [-0.2, 0) is 18.3 Å². The van der Waals surface area contributed by atoms with Crippen molar-refractivity contribution in [2.45, 2.75) is 43.0 Å². The predicted octanol–water partition coefficient (Wildman–Crippen LogP) is 7.54. The van der Waals surface area contributed by atoms with Gasteiger partial charge in [-0.15, -0.1) is 0 Å². The molecule has 7 heteroatoms. The van der Waals surface area contributed by atoms with Crippen molar-refractivity contribution in [1.82, 2.24) is 10.2 Å². The lowest BCUT2D eigenvalue weighted by Crippen LogP contribution is -2.48. The number of nitrogens with one attached hydrogen (secondary N) is 1. The van der Waals surface area contributed by atoms with E-state index in [0.717, 1.165) is 48.9 Å². The molecule has 4 aromatic carbocycles. The molecule has 0 aromatic heterocycles. The summed E-state index contributed by atoms with van der Waals surface area (Å²) in [5, 5.41) is 8.90. The Bertz CT molecular complexity index is 1630. The Morgan fingerprint density at radius 3 is 1.98 bits per heavy atom. The first kappa shape index (κ1) is 30.2. The van der Waals surface area contributed by atoms with Crippen LogP contribution in [0, 0.1) is 0 Å². The number of benzene rings is 4. The van der Waals surface area contributed by atoms with Gasteiger partial charge in [-0.3, -0.25) is 5.32 Å². The average Bonchev–Trinajstić information content (AvgIpc) is 3.45. The monoisotopic (exact) mass is 610 g/mol. The van der Waals surface area contributed by atoms with Crippen LogP contribution in [0.15, 0.2) is 90.0 Å². The third kappa shape index (κ3) is 5.95. The molecule has 2 aliphatic rings. The molecular formula is C37H42N2O4S. The number of fused-ring (bicyclic) bond motifs is 1. The minimum atomic E-state index is 0.0361. The summed E-state index contributed by atoms with van der Waals surface area (Å²) in [7, 11) is 6.73. The van der Waals surface area contributed by atoms with Gasteiger partial charge in [0.2, 0.25) is 0 Å². The average molecular weight is 611 g/mol. The molecule has 1 atom stereocenters. The van der Waals surface area contributed by atoms with E-state index >= 15 is 0 Å². The second-order valence-corrected chi connectivity index (χ2v) is 12.5. The Labute approximate surface area is 265 Å². The highest BCUT2D eigenvalue weighted by Gasteiger charge is 2.47. The minimum Gasteiger partial charge on any atom is -0.493 e. The van der Waals surface area contributed by atoms with Crippen molar-refractivity contribution in [2.75, 3.05) is 41.5 Å². The molecule has 0 bridgehead atoms. The van der Waals surface area contributed by atoms with Gasteiger partial charge in [-0.25, -0.2) is 0 Å². The molecule has 1 N–H and O–H groups in total. The van der Waals surface area contributed by atoms with E-state index in [-0.39, 0.29) is 10.9 Å². The van der Waals surface area contributed by atoms with Crippen LogP contribution in [0.3, 0.4) is 0 Å². The smallest absolute Gasteiger partial charge is 0.160 e. The number of methoxy groups -OCH3 is 4. The van der Waals surface area contributed by atoms with Gasteiger partial charge in [0, 0.05) is 24.2 Å². The maximum absolute atomic E-state index is 5.61. The number of thioether (sulfide) groups is 1. The fourth-order valence-electron chi connectivity index (χ4n) is 6.55. The zero-order valence-electron chi connectivity index (χ0n) is 26.1. The first-order valence-corrected chi connectivity index (χ1v) is 16.3. The van der Waals surface area contributed by atoms with Gasteiger partial charge in [0.1, 0.15) is 5.50 Å². The summed E-state index contributed by atoms with van der Waals surface area (Å²) >= 11 is 1.89. The van der Waals surface area contributed by atoms with Crippen LogP contribution >= 0.6 is 11.8 Å². The molecule has 1 saturated carbocycles. The van der Waals surface area contributed by atoms with Crippen LogP contribution in [0.2, 0.25) is 0 Å². The van der Waals surface area contributed by atoms with Crippen LogP contribution < -0.4 is 24.3 Å². The van der Waals surface area contributed by atoms with Crippen LogP contribution in [-0.4, -0.2) is 51.9 Å². The summed E-state index contributed by atoms with van der Waals surface area (Å²) < 4.78 is 22.1. The molecule has 6 rings (SSSR count). The molecule has 0 saturated heterocycles. The van der Waals surface area contributed by atoms with Crippen molar-refractivity contribution in [1.29, 1.82) is 0 Å². The summed E-state index contributed by atoms with van der Waals surface area (Å²) in [5.74, 6) is 3.05. The molecule has 1 fully saturated rings. The van der Waals surface area contributed by atoms with Crippen molar-refractivity contribution in [3.05, 3.63) is 107 Å². The molecule has 44 heavy (non-hydrogen) atoms. The summed E-state index contributed by atoms with van der Waals surface area (Å²) in [5.41, 5.74) is 5.51. The molecule has 0 radical (unpaired) electrons. The van der Waals surface area contributed by atoms with Crippen LogP contribution in [0.5, 0.6) is 23.0 Å². The Morgan fingerprint density at radius 1 is 0.727 bits per heavy atom. The lowest BCUT2D eigenvalue weighted by Gasteiger charge is -2.48. The number of nitrogens with zero attached hydrogens (tertiary/aromatic N) is 1. The van der Waals surface area contributed by atoms with Crippen LogP contribution in [0.25, 0.3) is 10.8 Å². The standard InChI is InChI=1S/C37H42N2O4S/c1-40-31-14-10-26(22-33(31)42-3)16-20-38-36-39(21-17-27-11-15-32(41-2)34(23-27)43-4)35(25-44-36)37(18-7-19-37)30-13-12-28-8-5-6-9-29(28)24-30/h5-6,8-15,22-25,36,38H,7,16-21H2,1-4H3. The molecule has 6 nitrogen and oxygen atoms in total. The number of ether oxygens (including phenoxy) is 4. The highest BCUT2D eigenvalue weighted by Crippen LogP contribution is 2.54. The van der Waals surface area contributed by atoms with E-state index in [4.69, 9.17) is 18.9 Å². The highest BCUT2D eigenvalue weighted by molar-refractivity contribution is 8.02. The molecule has 4 aromatic rings. The van der Waals surface area contributed by atoms with E-state index in [9.17, 15) is 0 Å². The van der Waals surface area contributed by atoms with Gasteiger partial charge in [-0.05, 0) is 82.8 Å². The van der Waals surface area contributed by atoms with Crippen molar-refractivity contribution in [3.63, 3.8) is 0 Å². The quantitative estimate of drug-likeness (QED) is 0.168. The Hall–Kier alpha value is -3.81. The zero-order chi connectivity index (χ0) is 30.5. The topological polar surface area (TPSA) is 52.2 Å². The second-order valence-electron chi connectivity index (χ2n) is 11.5. The van der Waals surface area contributed by atoms with E-state index < -0.39 is 0 Å². The maximum atomic E-state index is 5.61. The lowest BCUT2D eigenvalue weighted by molar-refractivity contribution is 0.190. The van der Waals surface area contributed by atoms with Gasteiger partial charge in [0.15, 0.2) is 23.0 Å². The molecular weight excluding hydrogens is 568 g/mol. The molecule has 1 unspecified atom stereocenters. The number of rotatable bonds is 13. The molecule has 0 spiro atoms. The van der Waals surface area contributed by atoms with Crippen molar-refractivity contribution in [3.8, 4) is 23.0 Å². The first-order valence-electron chi connectivity index (χ1n) is 15.4. The maximum Gasteiger partial charge on any atom is 0.160 e. The SMILES string of the molecule is COc1ccc(CCNC2SC=C(C3(c4ccc5ccccc5c4)CCC3)N2CCc2ccc(OC)c(OC)c2)cc1OC. The highest BCUT2D eigenvalue weighted by atomic mass is 32.2. The number of hydrogen-bond donors (Lipinski definition) is 1. The van der Waals surface area contributed by atoms with Gasteiger partial charge in [0.25, 0.3) is 0 Å². The van der Waals surface area contributed by atoms with Gasteiger partial charge in [0.05, 0.1) is 28.4 Å². The van der Waals surface area contributed by atoms with Gasteiger partial charge in [-0.2, -0.15) is 0 Å². The summed E-state index contributed by atoms with van der Waals surface area (Å²) in [6.07, 6.45) is 5.38.